The molecule has 0 aliphatic rings. The van der Waals surface area contributed by atoms with Crippen LogP contribution in [-0.4, -0.2) is 34.9 Å². The monoisotopic (exact) mass is 702 g/mol. The van der Waals surface area contributed by atoms with Gasteiger partial charge in [-0.2, -0.15) is 0 Å². The van der Waals surface area contributed by atoms with E-state index in [9.17, 15) is 15.0 Å². The van der Waals surface area contributed by atoms with Crippen LogP contribution >= 0.6 is 0 Å². The fourth-order valence-electron chi connectivity index (χ4n) is 6.65. The average molecular weight is 702 g/mol. The van der Waals surface area contributed by atoms with Gasteiger partial charge in [0.15, 0.2) is 0 Å². The van der Waals surface area contributed by atoms with Crippen molar-refractivity contribution in [2.75, 3.05) is 6.61 Å². The zero-order valence-corrected chi connectivity index (χ0v) is 33.7. The number of rotatable bonds is 40. The Morgan fingerprint density at radius 1 is 0.460 bits per heavy atom. The highest BCUT2D eigenvalue weighted by atomic mass is 16.3. The molecule has 0 fully saturated rings. The molecule has 0 aliphatic heterocycles. The number of nitrogens with one attached hydrogen (secondary N) is 1. The molecule has 0 saturated heterocycles. The highest BCUT2D eigenvalue weighted by Gasteiger charge is 2.17. The van der Waals surface area contributed by atoms with Gasteiger partial charge in [0.25, 0.3) is 0 Å². The van der Waals surface area contributed by atoms with Crippen LogP contribution in [-0.2, 0) is 4.79 Å². The fourth-order valence-corrected chi connectivity index (χ4v) is 6.65. The second kappa shape index (κ2) is 42.0. The molecule has 0 saturated carbocycles. The van der Waals surface area contributed by atoms with Crippen molar-refractivity contribution < 1.29 is 15.0 Å². The molecule has 3 N–H and O–H groups in total. The highest BCUT2D eigenvalue weighted by Crippen LogP contribution is 2.16. The van der Waals surface area contributed by atoms with Gasteiger partial charge in [-0.3, -0.25) is 4.79 Å². The topological polar surface area (TPSA) is 69.6 Å². The smallest absolute Gasteiger partial charge is 0.220 e. The first-order valence-electron chi connectivity index (χ1n) is 22.2. The second-order valence-corrected chi connectivity index (χ2v) is 15.1. The number of hydrogen-bond acceptors (Lipinski definition) is 3. The van der Waals surface area contributed by atoms with Crippen LogP contribution in [0, 0.1) is 0 Å². The minimum Gasteiger partial charge on any atom is -0.394 e. The minimum absolute atomic E-state index is 0.0847. The lowest BCUT2D eigenvalue weighted by atomic mass is 10.0. The number of aliphatic hydroxyl groups excluding tert-OH is 2. The zero-order chi connectivity index (χ0) is 36.4. The average Bonchev–Trinajstić information content (AvgIpc) is 3.12. The van der Waals surface area contributed by atoms with Gasteiger partial charge in [0.05, 0.1) is 18.8 Å². The van der Waals surface area contributed by atoms with Crippen molar-refractivity contribution >= 4 is 5.91 Å². The molecule has 0 rings (SSSR count). The van der Waals surface area contributed by atoms with Gasteiger partial charge < -0.3 is 15.5 Å². The van der Waals surface area contributed by atoms with E-state index in [-0.39, 0.29) is 12.5 Å². The molecular weight excluding hydrogens is 615 g/mol. The van der Waals surface area contributed by atoms with Crippen molar-refractivity contribution in [1.29, 1.82) is 0 Å². The van der Waals surface area contributed by atoms with Crippen LogP contribution in [0.3, 0.4) is 0 Å². The maximum atomic E-state index is 12.3. The molecule has 0 radical (unpaired) electrons. The Labute approximate surface area is 312 Å². The zero-order valence-electron chi connectivity index (χ0n) is 33.7. The van der Waals surface area contributed by atoms with E-state index in [0.717, 1.165) is 44.9 Å². The SMILES string of the molecule is CCCC/C=C\CCCCCCCC(=O)NC(CO)C(O)/C=C/CC/C=C/CCCCCCCCCCCCCCCCCCCCCCC. The number of carbonyl (C=O) groups excluding carboxylic acids is 1. The van der Waals surface area contributed by atoms with Crippen molar-refractivity contribution in [1.82, 2.24) is 5.32 Å². The predicted molar refractivity (Wildman–Crippen MR) is 221 cm³/mol. The van der Waals surface area contributed by atoms with E-state index < -0.39 is 12.1 Å². The quantitative estimate of drug-likeness (QED) is 0.0440. The molecule has 4 nitrogen and oxygen atoms in total. The van der Waals surface area contributed by atoms with Crippen LogP contribution in [0.4, 0.5) is 0 Å². The number of amides is 1. The van der Waals surface area contributed by atoms with E-state index in [0.29, 0.717) is 6.42 Å². The molecule has 0 aromatic heterocycles. The molecule has 0 heterocycles. The third-order valence-corrected chi connectivity index (χ3v) is 10.1. The number of allylic oxidation sites excluding steroid dienone is 5. The maximum Gasteiger partial charge on any atom is 0.220 e. The highest BCUT2D eigenvalue weighted by molar-refractivity contribution is 5.76. The first kappa shape index (κ1) is 48.6. The summed E-state index contributed by atoms with van der Waals surface area (Å²) >= 11 is 0. The van der Waals surface area contributed by atoms with Crippen LogP contribution in [0.1, 0.15) is 232 Å². The lowest BCUT2D eigenvalue weighted by Gasteiger charge is -2.19. The van der Waals surface area contributed by atoms with Crippen molar-refractivity contribution in [3.8, 4) is 0 Å². The largest absolute Gasteiger partial charge is 0.394 e. The van der Waals surface area contributed by atoms with E-state index in [4.69, 9.17) is 0 Å². The van der Waals surface area contributed by atoms with E-state index in [1.165, 1.54) is 167 Å². The summed E-state index contributed by atoms with van der Waals surface area (Å²) in [7, 11) is 0. The van der Waals surface area contributed by atoms with Gasteiger partial charge in [-0.25, -0.2) is 0 Å². The Kier molecular flexibility index (Phi) is 40.9. The minimum atomic E-state index is -0.863. The van der Waals surface area contributed by atoms with Crippen LogP contribution < -0.4 is 5.32 Å². The summed E-state index contributed by atoms with van der Waals surface area (Å²) in [6.07, 6.45) is 55.6. The van der Waals surface area contributed by atoms with Gasteiger partial charge in [-0.05, 0) is 51.4 Å². The predicted octanol–water partition coefficient (Wildman–Crippen LogP) is 13.8. The molecular formula is C46H87NO3. The molecule has 0 aliphatic carbocycles. The fraction of sp³-hybridized carbons (Fsp3) is 0.848. The third-order valence-electron chi connectivity index (χ3n) is 10.1. The Morgan fingerprint density at radius 2 is 0.800 bits per heavy atom. The summed E-state index contributed by atoms with van der Waals surface area (Å²) in [5.74, 6) is -0.0847. The van der Waals surface area contributed by atoms with Crippen LogP contribution in [0.15, 0.2) is 36.5 Å². The van der Waals surface area contributed by atoms with Crippen molar-refractivity contribution in [2.45, 2.75) is 244 Å². The summed E-state index contributed by atoms with van der Waals surface area (Å²) in [5, 5.41) is 22.9. The molecule has 294 valence electrons. The van der Waals surface area contributed by atoms with Gasteiger partial charge >= 0.3 is 0 Å². The van der Waals surface area contributed by atoms with Gasteiger partial charge in [0.2, 0.25) is 5.91 Å². The Hall–Kier alpha value is -1.39. The van der Waals surface area contributed by atoms with Crippen molar-refractivity contribution in [3.05, 3.63) is 36.5 Å². The summed E-state index contributed by atoms with van der Waals surface area (Å²) in [6.45, 7) is 4.26. The van der Waals surface area contributed by atoms with E-state index >= 15 is 0 Å². The molecule has 0 aromatic rings. The van der Waals surface area contributed by atoms with Gasteiger partial charge in [0, 0.05) is 6.42 Å². The molecule has 0 spiro atoms. The van der Waals surface area contributed by atoms with E-state index in [2.05, 4.69) is 43.5 Å². The van der Waals surface area contributed by atoms with Crippen molar-refractivity contribution in [2.24, 2.45) is 0 Å². The summed E-state index contributed by atoms with van der Waals surface area (Å²) in [6, 6.07) is -0.641. The van der Waals surface area contributed by atoms with Gasteiger partial charge in [-0.15, -0.1) is 0 Å². The van der Waals surface area contributed by atoms with E-state index in [1.54, 1.807) is 6.08 Å². The standard InChI is InChI=1S/C46H87NO3/c1-3-5-7-9-11-13-15-16-17-18-19-20-21-22-23-24-25-26-27-28-29-30-32-33-35-37-39-41-45(49)44(43-48)47-46(50)42-40-38-36-34-31-14-12-10-8-6-4-2/h10,12,32-33,39,41,44-45,48-49H,3-9,11,13-31,34-38,40,42-43H2,1-2H3,(H,47,50)/b12-10-,33-32+,41-39+. The first-order valence-corrected chi connectivity index (χ1v) is 22.2. The van der Waals surface area contributed by atoms with Gasteiger partial charge in [-0.1, -0.05) is 211 Å². The number of carbonyl (C=O) groups is 1. The Morgan fingerprint density at radius 3 is 1.22 bits per heavy atom. The maximum absolute atomic E-state index is 12.3. The number of hydrogen-bond donors (Lipinski definition) is 3. The van der Waals surface area contributed by atoms with Gasteiger partial charge in [0.1, 0.15) is 0 Å². The molecule has 2 unspecified atom stereocenters. The molecule has 4 heteroatoms. The summed E-state index contributed by atoms with van der Waals surface area (Å²) in [4.78, 5) is 12.3. The van der Waals surface area contributed by atoms with Crippen LogP contribution in [0.25, 0.3) is 0 Å². The molecule has 50 heavy (non-hydrogen) atoms. The summed E-state index contributed by atoms with van der Waals surface area (Å²) < 4.78 is 0. The lowest BCUT2D eigenvalue weighted by molar-refractivity contribution is -0.123. The summed E-state index contributed by atoms with van der Waals surface area (Å²) in [5.41, 5.74) is 0. The normalized spacial score (nSPS) is 13.3. The number of aliphatic hydroxyl groups is 2. The third kappa shape index (κ3) is 37.9. The lowest BCUT2D eigenvalue weighted by Crippen LogP contribution is -2.45. The molecule has 0 bridgehead atoms. The molecule has 2 atom stereocenters. The first-order chi connectivity index (χ1) is 24.7. The Bertz CT molecular complexity index is 760. The molecule has 0 aromatic carbocycles. The van der Waals surface area contributed by atoms with Crippen LogP contribution in [0.5, 0.6) is 0 Å². The second-order valence-electron chi connectivity index (χ2n) is 15.1. The van der Waals surface area contributed by atoms with E-state index in [1.807, 2.05) is 6.08 Å². The van der Waals surface area contributed by atoms with Crippen LogP contribution in [0.2, 0.25) is 0 Å². The molecule has 1 amide bonds. The number of unbranched alkanes of at least 4 members (excludes halogenated alkanes) is 29. The van der Waals surface area contributed by atoms with Crippen molar-refractivity contribution in [3.63, 3.8) is 0 Å². The Balaban J connectivity index is 3.53.